The molecule has 1 aliphatic carbocycles. The van der Waals surface area contributed by atoms with E-state index >= 15 is 0 Å². The first kappa shape index (κ1) is 17.7. The number of carbonyl (C=O) groups excluding carboxylic acids is 3. The zero-order valence-electron chi connectivity index (χ0n) is 14.5. The van der Waals surface area contributed by atoms with E-state index in [-0.39, 0.29) is 35.7 Å². The fourth-order valence-electron chi connectivity index (χ4n) is 4.34. The number of esters is 1. The van der Waals surface area contributed by atoms with Gasteiger partial charge < -0.3 is 19.5 Å². The molecule has 7 nitrogen and oxygen atoms in total. The predicted molar refractivity (Wildman–Crippen MR) is 98.8 cm³/mol. The van der Waals surface area contributed by atoms with Gasteiger partial charge in [-0.2, -0.15) is 0 Å². The lowest BCUT2D eigenvalue weighted by molar-refractivity contribution is -0.148. The number of thiazole rings is 1. The third-order valence-corrected chi connectivity index (χ3v) is 7.08. The number of methoxy groups -OCH3 is 1. The zero-order valence-corrected chi connectivity index (χ0v) is 16.2. The van der Waals surface area contributed by atoms with Crippen molar-refractivity contribution in [2.45, 2.75) is 38.1 Å². The van der Waals surface area contributed by atoms with Crippen LogP contribution < -0.4 is 5.32 Å². The van der Waals surface area contributed by atoms with Crippen LogP contribution in [-0.4, -0.2) is 47.4 Å². The van der Waals surface area contributed by atoms with Crippen LogP contribution in [0.25, 0.3) is 0 Å². The van der Waals surface area contributed by atoms with Crippen molar-refractivity contribution in [2.24, 2.45) is 11.8 Å². The van der Waals surface area contributed by atoms with E-state index in [2.05, 4.69) is 5.32 Å². The van der Waals surface area contributed by atoms with Crippen LogP contribution in [0.1, 0.15) is 47.8 Å². The van der Waals surface area contributed by atoms with Gasteiger partial charge in [0.05, 0.1) is 18.9 Å². The van der Waals surface area contributed by atoms with Gasteiger partial charge in [-0.25, -0.2) is 0 Å². The number of amides is 2. The number of aromatic nitrogens is 1. The maximum atomic E-state index is 12.9. The molecule has 3 atom stereocenters. The van der Waals surface area contributed by atoms with Crippen LogP contribution in [0.2, 0.25) is 0 Å². The van der Waals surface area contributed by atoms with E-state index in [1.807, 2.05) is 9.47 Å². The topological polar surface area (TPSA) is 80.6 Å². The summed E-state index contributed by atoms with van der Waals surface area (Å²) in [6, 6.07) is -0.194. The third-order valence-electron chi connectivity index (χ3n) is 5.69. The molecule has 1 saturated carbocycles. The Morgan fingerprint density at radius 2 is 2.00 bits per heavy atom. The molecule has 26 heavy (non-hydrogen) atoms. The Balaban J connectivity index is 1.71. The molecule has 2 amide bonds. The Kier molecular flexibility index (Phi) is 4.60. The summed E-state index contributed by atoms with van der Waals surface area (Å²) in [6.07, 6.45) is 3.77. The second-order valence-corrected chi connectivity index (χ2v) is 8.76. The number of anilines is 1. The average Bonchev–Trinajstić information content (AvgIpc) is 3.28. The molecular weight excluding hydrogens is 374 g/mol. The number of fused-ring (bicyclic) bond motifs is 3. The highest BCUT2D eigenvalue weighted by molar-refractivity contribution is 7.73. The van der Waals surface area contributed by atoms with Crippen LogP contribution in [0, 0.1) is 15.8 Å². The van der Waals surface area contributed by atoms with Gasteiger partial charge >= 0.3 is 5.97 Å². The molecule has 9 heteroatoms. The quantitative estimate of drug-likeness (QED) is 0.615. The summed E-state index contributed by atoms with van der Waals surface area (Å²) < 4.78 is 7.36. The van der Waals surface area contributed by atoms with Crippen LogP contribution >= 0.6 is 23.6 Å². The first-order valence-electron chi connectivity index (χ1n) is 8.94. The minimum atomic E-state index is -0.244. The van der Waals surface area contributed by atoms with Crippen LogP contribution in [0.4, 0.5) is 5.82 Å². The minimum Gasteiger partial charge on any atom is -0.469 e. The Bertz CT molecular complexity index is 824. The van der Waals surface area contributed by atoms with E-state index in [1.54, 1.807) is 0 Å². The molecule has 1 N–H and O–H groups in total. The number of carbonyl (C=O) groups is 3. The molecule has 1 saturated heterocycles. The minimum absolute atomic E-state index is 0.0635. The number of ether oxygens (including phenoxy) is 1. The van der Waals surface area contributed by atoms with Crippen molar-refractivity contribution in [1.29, 1.82) is 0 Å². The van der Waals surface area contributed by atoms with Gasteiger partial charge in [-0.15, -0.1) is 0 Å². The standard InChI is InChI=1S/C17H21N3O4S2/c1-24-16(23)9-4-5-10-11(8-9)20-13(18-14(10)21)12(26-17(20)25)15(22)19-6-2-3-7-19/h9-11H,2-8H2,1H3,(H,18,21). The van der Waals surface area contributed by atoms with E-state index in [0.29, 0.717) is 33.9 Å². The average molecular weight is 396 g/mol. The molecule has 140 valence electrons. The molecule has 3 heterocycles. The predicted octanol–water partition coefficient (Wildman–Crippen LogP) is 2.60. The molecule has 2 aliphatic heterocycles. The van der Waals surface area contributed by atoms with E-state index < -0.39 is 0 Å². The third kappa shape index (κ3) is 2.77. The van der Waals surface area contributed by atoms with Gasteiger partial charge in [0.15, 0.2) is 3.95 Å². The smallest absolute Gasteiger partial charge is 0.308 e. The van der Waals surface area contributed by atoms with E-state index in [9.17, 15) is 14.4 Å². The SMILES string of the molecule is COC(=O)C1CCC2C(=O)Nc3c(C(=O)N4CCCC4)sc(=S)n3C2C1. The number of hydrogen-bond acceptors (Lipinski definition) is 6. The van der Waals surface area contributed by atoms with Gasteiger partial charge in [0.25, 0.3) is 5.91 Å². The van der Waals surface area contributed by atoms with Crippen molar-refractivity contribution in [1.82, 2.24) is 9.47 Å². The van der Waals surface area contributed by atoms with Gasteiger partial charge in [0, 0.05) is 19.1 Å². The summed E-state index contributed by atoms with van der Waals surface area (Å²) in [7, 11) is 1.39. The van der Waals surface area contributed by atoms with E-state index in [0.717, 1.165) is 25.9 Å². The Hall–Kier alpha value is -1.74. The number of rotatable bonds is 2. The molecule has 1 aromatic rings. The van der Waals surface area contributed by atoms with Gasteiger partial charge in [-0.1, -0.05) is 11.3 Å². The molecule has 4 rings (SSSR count). The van der Waals surface area contributed by atoms with Crippen LogP contribution in [0.3, 0.4) is 0 Å². The Morgan fingerprint density at radius 3 is 2.69 bits per heavy atom. The number of hydrogen-bond donors (Lipinski definition) is 1. The first-order valence-corrected chi connectivity index (χ1v) is 10.2. The molecule has 3 aliphatic rings. The maximum Gasteiger partial charge on any atom is 0.308 e. The summed E-state index contributed by atoms with van der Waals surface area (Å²) in [5.74, 6) is -0.341. The number of nitrogens with one attached hydrogen (secondary N) is 1. The number of nitrogens with zero attached hydrogens (tertiary/aromatic N) is 2. The van der Waals surface area contributed by atoms with Crippen LogP contribution in [0.15, 0.2) is 0 Å². The fourth-order valence-corrected chi connectivity index (χ4v) is 5.78. The highest BCUT2D eigenvalue weighted by atomic mass is 32.1. The van der Waals surface area contributed by atoms with Crippen molar-refractivity contribution in [2.75, 3.05) is 25.5 Å². The second-order valence-electron chi connectivity index (χ2n) is 7.11. The molecule has 0 spiro atoms. The molecule has 1 aromatic heterocycles. The maximum absolute atomic E-state index is 12.9. The molecule has 3 unspecified atom stereocenters. The molecule has 0 aromatic carbocycles. The monoisotopic (exact) mass is 395 g/mol. The van der Waals surface area contributed by atoms with Crippen molar-refractivity contribution in [3.05, 3.63) is 8.83 Å². The normalized spacial score (nSPS) is 27.5. The molecule has 2 fully saturated rings. The van der Waals surface area contributed by atoms with Gasteiger partial charge in [0.1, 0.15) is 10.7 Å². The lowest BCUT2D eigenvalue weighted by Crippen LogP contribution is -2.43. The largest absolute Gasteiger partial charge is 0.469 e. The summed E-state index contributed by atoms with van der Waals surface area (Å²) in [6.45, 7) is 1.49. The summed E-state index contributed by atoms with van der Waals surface area (Å²) in [4.78, 5) is 39.8. The summed E-state index contributed by atoms with van der Waals surface area (Å²) >= 11 is 6.79. The van der Waals surface area contributed by atoms with Crippen molar-refractivity contribution >= 4 is 47.2 Å². The van der Waals surface area contributed by atoms with E-state index in [1.165, 1.54) is 18.4 Å². The second kappa shape index (κ2) is 6.77. The highest BCUT2D eigenvalue weighted by Gasteiger charge is 2.44. The molecular formula is C17H21N3O4S2. The van der Waals surface area contributed by atoms with Gasteiger partial charge in [-0.3, -0.25) is 14.4 Å². The van der Waals surface area contributed by atoms with Crippen LogP contribution in [-0.2, 0) is 14.3 Å². The van der Waals surface area contributed by atoms with Crippen molar-refractivity contribution in [3.8, 4) is 0 Å². The first-order chi connectivity index (χ1) is 12.5. The van der Waals surface area contributed by atoms with Gasteiger partial charge in [-0.05, 0) is 44.3 Å². The highest BCUT2D eigenvalue weighted by Crippen LogP contribution is 2.45. The van der Waals surface area contributed by atoms with Crippen LogP contribution in [0.5, 0.6) is 0 Å². The lowest BCUT2D eigenvalue weighted by Gasteiger charge is -2.39. The zero-order chi connectivity index (χ0) is 18.4. The Labute approximate surface area is 160 Å². The summed E-state index contributed by atoms with van der Waals surface area (Å²) in [5.41, 5.74) is 0. The van der Waals surface area contributed by atoms with Crippen molar-refractivity contribution < 1.29 is 19.1 Å². The van der Waals surface area contributed by atoms with Crippen molar-refractivity contribution in [3.63, 3.8) is 0 Å². The van der Waals surface area contributed by atoms with E-state index in [4.69, 9.17) is 17.0 Å². The molecule has 0 bridgehead atoms. The fraction of sp³-hybridized carbons (Fsp3) is 0.647. The molecule has 0 radical (unpaired) electrons. The lowest BCUT2D eigenvalue weighted by atomic mass is 9.76. The summed E-state index contributed by atoms with van der Waals surface area (Å²) in [5, 5.41) is 2.92. The Morgan fingerprint density at radius 1 is 1.27 bits per heavy atom. The number of likely N-dealkylation sites (tertiary alicyclic amines) is 1. The van der Waals surface area contributed by atoms with Gasteiger partial charge in [0.2, 0.25) is 5.91 Å².